The zero-order valence-electron chi connectivity index (χ0n) is 11.5. The van der Waals surface area contributed by atoms with Crippen LogP contribution < -0.4 is 9.47 Å². The number of phenols is 2. The molecule has 2 atom stereocenters. The topological polar surface area (TPSA) is 79.2 Å². The van der Waals surface area contributed by atoms with Gasteiger partial charge in [0.2, 0.25) is 0 Å². The van der Waals surface area contributed by atoms with Gasteiger partial charge < -0.3 is 24.8 Å². The fourth-order valence-electron chi connectivity index (χ4n) is 2.54. The van der Waals surface area contributed by atoms with Crippen LogP contribution in [-0.2, 0) is 6.42 Å². The number of ether oxygens (including phenoxy) is 2. The minimum absolute atomic E-state index is 0.0720. The summed E-state index contributed by atoms with van der Waals surface area (Å²) in [4.78, 5) is 0. The number of hydrogen-bond acceptors (Lipinski definition) is 5. The van der Waals surface area contributed by atoms with Gasteiger partial charge in [0.1, 0.15) is 29.1 Å². The van der Waals surface area contributed by atoms with Crippen LogP contribution in [0.5, 0.6) is 23.0 Å². The lowest BCUT2D eigenvalue weighted by molar-refractivity contribution is 0.0198. The van der Waals surface area contributed by atoms with Crippen molar-refractivity contribution in [1.82, 2.24) is 0 Å². The quantitative estimate of drug-likeness (QED) is 0.789. The highest BCUT2D eigenvalue weighted by Crippen LogP contribution is 2.41. The lowest BCUT2D eigenvalue weighted by Crippen LogP contribution is -2.30. The maximum atomic E-state index is 10.3. The van der Waals surface area contributed by atoms with E-state index < -0.39 is 12.2 Å². The maximum Gasteiger partial charge on any atom is 0.150 e. The first-order valence-electron chi connectivity index (χ1n) is 6.62. The number of hydrogen-bond donors (Lipinski definition) is 3. The van der Waals surface area contributed by atoms with Gasteiger partial charge in [0.25, 0.3) is 0 Å². The summed E-state index contributed by atoms with van der Waals surface area (Å²) in [5.74, 6) is 0.965. The second-order valence-corrected chi connectivity index (χ2v) is 5.02. The molecule has 5 heteroatoms. The standard InChI is InChI=1S/C16H16O5/c1-20-11-4-2-9(3-5-11)16-14(19)8-12-13(18)6-10(17)7-15(12)21-16/h2-7,14,16-19H,8H2,1H3/t14-,16-/m1/s1. The maximum absolute atomic E-state index is 10.3. The smallest absolute Gasteiger partial charge is 0.150 e. The molecule has 2 aromatic carbocycles. The third kappa shape index (κ3) is 2.48. The molecule has 0 unspecified atom stereocenters. The van der Waals surface area contributed by atoms with Gasteiger partial charge in [-0.2, -0.15) is 0 Å². The summed E-state index contributed by atoms with van der Waals surface area (Å²) in [5, 5.41) is 29.6. The van der Waals surface area contributed by atoms with E-state index in [1.165, 1.54) is 12.1 Å². The van der Waals surface area contributed by atoms with Crippen molar-refractivity contribution in [1.29, 1.82) is 0 Å². The van der Waals surface area contributed by atoms with Gasteiger partial charge in [-0.3, -0.25) is 0 Å². The third-order valence-electron chi connectivity index (χ3n) is 3.63. The van der Waals surface area contributed by atoms with E-state index in [1.807, 2.05) is 12.1 Å². The normalized spacial score (nSPS) is 20.5. The van der Waals surface area contributed by atoms with Crippen molar-refractivity contribution in [2.24, 2.45) is 0 Å². The van der Waals surface area contributed by atoms with Gasteiger partial charge in [-0.05, 0) is 17.7 Å². The van der Waals surface area contributed by atoms with Crippen LogP contribution in [0.4, 0.5) is 0 Å². The molecule has 1 aliphatic rings. The van der Waals surface area contributed by atoms with E-state index in [-0.39, 0.29) is 17.9 Å². The van der Waals surface area contributed by atoms with Gasteiger partial charge in [0, 0.05) is 24.1 Å². The fourth-order valence-corrected chi connectivity index (χ4v) is 2.54. The summed E-state index contributed by atoms with van der Waals surface area (Å²) in [6.07, 6.45) is -1.07. The Kier molecular flexibility index (Phi) is 3.35. The van der Waals surface area contributed by atoms with Crippen LogP contribution in [0.3, 0.4) is 0 Å². The molecule has 1 aliphatic heterocycles. The highest BCUT2D eigenvalue weighted by Gasteiger charge is 2.31. The Morgan fingerprint density at radius 1 is 1.14 bits per heavy atom. The summed E-state index contributed by atoms with van der Waals surface area (Å²) in [5.41, 5.74) is 1.31. The molecule has 0 aromatic heterocycles. The number of aromatic hydroxyl groups is 2. The highest BCUT2D eigenvalue weighted by molar-refractivity contribution is 5.51. The van der Waals surface area contributed by atoms with Crippen LogP contribution in [0, 0.1) is 0 Å². The van der Waals surface area contributed by atoms with Crippen molar-refractivity contribution < 1.29 is 24.8 Å². The van der Waals surface area contributed by atoms with Gasteiger partial charge in [0.15, 0.2) is 0 Å². The van der Waals surface area contributed by atoms with E-state index in [0.717, 1.165) is 11.3 Å². The second kappa shape index (κ2) is 5.18. The molecule has 0 saturated carbocycles. The molecule has 0 amide bonds. The highest BCUT2D eigenvalue weighted by atomic mass is 16.5. The second-order valence-electron chi connectivity index (χ2n) is 5.02. The van der Waals surface area contributed by atoms with Crippen molar-refractivity contribution in [3.63, 3.8) is 0 Å². The van der Waals surface area contributed by atoms with E-state index in [4.69, 9.17) is 9.47 Å². The Morgan fingerprint density at radius 2 is 1.86 bits per heavy atom. The molecule has 5 nitrogen and oxygen atoms in total. The first-order chi connectivity index (χ1) is 10.1. The van der Waals surface area contributed by atoms with Crippen LogP contribution in [0.2, 0.25) is 0 Å². The van der Waals surface area contributed by atoms with Crippen LogP contribution in [-0.4, -0.2) is 28.5 Å². The largest absolute Gasteiger partial charge is 0.508 e. The number of methoxy groups -OCH3 is 1. The summed E-state index contributed by atoms with van der Waals surface area (Å²) in [6.45, 7) is 0. The van der Waals surface area contributed by atoms with Crippen LogP contribution in [0.25, 0.3) is 0 Å². The first kappa shape index (κ1) is 13.6. The van der Waals surface area contributed by atoms with E-state index in [0.29, 0.717) is 11.3 Å². The summed E-state index contributed by atoms with van der Waals surface area (Å²) >= 11 is 0. The number of aliphatic hydroxyl groups is 1. The number of benzene rings is 2. The molecular weight excluding hydrogens is 272 g/mol. The van der Waals surface area contributed by atoms with E-state index in [9.17, 15) is 15.3 Å². The molecule has 0 spiro atoms. The van der Waals surface area contributed by atoms with Crippen molar-refractivity contribution in [2.45, 2.75) is 18.6 Å². The summed E-state index contributed by atoms with van der Waals surface area (Å²) in [6, 6.07) is 9.91. The predicted molar refractivity (Wildman–Crippen MR) is 75.8 cm³/mol. The molecule has 3 N–H and O–H groups in total. The monoisotopic (exact) mass is 288 g/mol. The van der Waals surface area contributed by atoms with Crippen molar-refractivity contribution in [3.8, 4) is 23.0 Å². The minimum atomic E-state index is -0.777. The van der Waals surface area contributed by atoms with Gasteiger partial charge in [-0.15, -0.1) is 0 Å². The average molecular weight is 288 g/mol. The number of rotatable bonds is 2. The van der Waals surface area contributed by atoms with Crippen molar-refractivity contribution in [3.05, 3.63) is 47.5 Å². The molecule has 0 bridgehead atoms. The molecule has 21 heavy (non-hydrogen) atoms. The summed E-state index contributed by atoms with van der Waals surface area (Å²) in [7, 11) is 1.59. The predicted octanol–water partition coefficient (Wildman–Crippen LogP) is 2.14. The minimum Gasteiger partial charge on any atom is -0.508 e. The van der Waals surface area contributed by atoms with E-state index in [2.05, 4.69) is 0 Å². The van der Waals surface area contributed by atoms with Gasteiger partial charge in [-0.25, -0.2) is 0 Å². The number of fused-ring (bicyclic) bond motifs is 1. The lowest BCUT2D eigenvalue weighted by Gasteiger charge is -2.31. The third-order valence-corrected chi connectivity index (χ3v) is 3.63. The first-order valence-corrected chi connectivity index (χ1v) is 6.62. The average Bonchev–Trinajstić information content (AvgIpc) is 2.48. The molecule has 0 aliphatic carbocycles. The molecule has 0 fully saturated rings. The molecule has 0 radical (unpaired) electrons. The molecule has 0 saturated heterocycles. The molecular formula is C16H16O5. The number of phenolic OH excluding ortho intramolecular Hbond substituents is 2. The Labute approximate surface area is 122 Å². The zero-order chi connectivity index (χ0) is 15.0. The Morgan fingerprint density at radius 3 is 2.52 bits per heavy atom. The Bertz CT molecular complexity index is 650. The molecule has 3 rings (SSSR count). The lowest BCUT2D eigenvalue weighted by atomic mass is 9.94. The van der Waals surface area contributed by atoms with E-state index >= 15 is 0 Å². The molecule has 2 aromatic rings. The fraction of sp³-hybridized carbons (Fsp3) is 0.250. The van der Waals surface area contributed by atoms with Crippen LogP contribution in [0.15, 0.2) is 36.4 Å². The Balaban J connectivity index is 1.94. The van der Waals surface area contributed by atoms with Crippen LogP contribution >= 0.6 is 0 Å². The van der Waals surface area contributed by atoms with Crippen LogP contribution in [0.1, 0.15) is 17.2 Å². The van der Waals surface area contributed by atoms with E-state index in [1.54, 1.807) is 19.2 Å². The van der Waals surface area contributed by atoms with Gasteiger partial charge in [-0.1, -0.05) is 12.1 Å². The zero-order valence-corrected chi connectivity index (χ0v) is 11.5. The van der Waals surface area contributed by atoms with Crippen molar-refractivity contribution >= 4 is 0 Å². The number of aliphatic hydroxyl groups excluding tert-OH is 1. The SMILES string of the molecule is COc1ccc([C@H]2Oc3cc(O)cc(O)c3C[C@H]2O)cc1. The van der Waals surface area contributed by atoms with Gasteiger partial charge >= 0.3 is 0 Å². The van der Waals surface area contributed by atoms with Crippen molar-refractivity contribution in [2.75, 3.05) is 7.11 Å². The van der Waals surface area contributed by atoms with Gasteiger partial charge in [0.05, 0.1) is 13.2 Å². The summed E-state index contributed by atoms with van der Waals surface area (Å²) < 4.78 is 10.9. The Hall–Kier alpha value is -2.40. The molecule has 110 valence electrons. The molecule has 1 heterocycles.